The Morgan fingerprint density at radius 2 is 1.95 bits per heavy atom. The summed E-state index contributed by atoms with van der Waals surface area (Å²) in [5.74, 6) is 0. The van der Waals surface area contributed by atoms with Gasteiger partial charge in [-0.3, -0.25) is 0 Å². The zero-order valence-corrected chi connectivity index (χ0v) is 16.2. The van der Waals surface area contributed by atoms with E-state index >= 15 is 0 Å². The van der Waals surface area contributed by atoms with Gasteiger partial charge in [-0.2, -0.15) is 0 Å². The van der Waals surface area contributed by atoms with Crippen molar-refractivity contribution in [3.05, 3.63) is 43.0 Å². The number of hydrogen-bond acceptors (Lipinski definition) is 4. The molecule has 0 aliphatic rings. The van der Waals surface area contributed by atoms with Gasteiger partial charge >= 0.3 is 0 Å². The lowest BCUT2D eigenvalue weighted by molar-refractivity contribution is 0.588. The van der Waals surface area contributed by atoms with E-state index in [1.165, 1.54) is 7.05 Å². The van der Waals surface area contributed by atoms with Gasteiger partial charge in [-0.05, 0) is 69.6 Å². The molecule has 2 rings (SSSR count). The Morgan fingerprint density at radius 1 is 1.24 bits per heavy atom. The number of thiophene rings is 1. The molecule has 0 fully saturated rings. The molecule has 0 aliphatic carbocycles. The molecule has 0 atom stereocenters. The number of sulfonamides is 1. The molecule has 0 saturated heterocycles. The highest BCUT2D eigenvalue weighted by atomic mass is 79.9. The second kappa shape index (κ2) is 6.78. The Kier molecular flexibility index (Phi) is 5.48. The number of hydrogen-bond donors (Lipinski definition) is 2. The molecule has 8 heteroatoms. The summed E-state index contributed by atoms with van der Waals surface area (Å²) >= 11 is 8.54. The zero-order valence-electron chi connectivity index (χ0n) is 11.4. The smallest absolute Gasteiger partial charge is 0.240 e. The molecule has 2 aromatic rings. The van der Waals surface area contributed by atoms with Crippen molar-refractivity contribution in [1.29, 1.82) is 0 Å². The van der Waals surface area contributed by atoms with Gasteiger partial charge in [0.25, 0.3) is 0 Å². The first-order valence-electron chi connectivity index (χ1n) is 6.05. The molecule has 1 aromatic heterocycles. The van der Waals surface area contributed by atoms with Crippen LogP contribution in [0.3, 0.4) is 0 Å². The van der Waals surface area contributed by atoms with E-state index in [4.69, 9.17) is 0 Å². The summed E-state index contributed by atoms with van der Waals surface area (Å²) in [5.41, 5.74) is 1.81. The fourth-order valence-corrected chi connectivity index (χ4v) is 4.61. The Labute approximate surface area is 145 Å². The molecule has 21 heavy (non-hydrogen) atoms. The minimum absolute atomic E-state index is 0.256. The predicted octanol–water partition coefficient (Wildman–Crippen LogP) is 4.10. The van der Waals surface area contributed by atoms with E-state index in [2.05, 4.69) is 41.9 Å². The second-order valence-electron chi connectivity index (χ2n) is 4.37. The van der Waals surface area contributed by atoms with E-state index in [9.17, 15) is 8.42 Å². The highest BCUT2D eigenvalue weighted by Crippen LogP contribution is 2.33. The third-order valence-corrected chi connectivity index (χ3v) is 7.61. The van der Waals surface area contributed by atoms with Crippen LogP contribution in [0.5, 0.6) is 0 Å². The molecule has 0 amide bonds. The van der Waals surface area contributed by atoms with Gasteiger partial charge in [0.2, 0.25) is 10.0 Å². The van der Waals surface area contributed by atoms with Gasteiger partial charge in [0, 0.05) is 21.6 Å². The number of rotatable bonds is 5. The fraction of sp³-hybridized carbons (Fsp3) is 0.231. The lowest BCUT2D eigenvalue weighted by Gasteiger charge is -2.11. The molecule has 0 aliphatic heterocycles. The maximum Gasteiger partial charge on any atom is 0.240 e. The van der Waals surface area contributed by atoms with Gasteiger partial charge in [0.1, 0.15) is 0 Å². The van der Waals surface area contributed by atoms with Crippen LogP contribution in [0.1, 0.15) is 10.4 Å². The van der Waals surface area contributed by atoms with Crippen molar-refractivity contribution in [2.24, 2.45) is 0 Å². The van der Waals surface area contributed by atoms with E-state index in [0.717, 1.165) is 24.4 Å². The quantitative estimate of drug-likeness (QED) is 0.716. The van der Waals surface area contributed by atoms with Crippen LogP contribution in [0.15, 0.2) is 37.4 Å². The van der Waals surface area contributed by atoms with Crippen molar-refractivity contribution in [3.8, 4) is 0 Å². The van der Waals surface area contributed by atoms with Crippen molar-refractivity contribution in [1.82, 2.24) is 4.72 Å². The van der Waals surface area contributed by atoms with Crippen LogP contribution in [-0.2, 0) is 16.6 Å². The SMILES string of the molecule is CNS(=O)(=O)c1ccc(C)c(NCc2cc(Br)c(Br)s2)c1. The Morgan fingerprint density at radius 3 is 2.52 bits per heavy atom. The molecule has 2 N–H and O–H groups in total. The number of nitrogens with one attached hydrogen (secondary N) is 2. The predicted molar refractivity (Wildman–Crippen MR) is 94.5 cm³/mol. The zero-order chi connectivity index (χ0) is 15.6. The molecule has 0 saturated carbocycles. The van der Waals surface area contributed by atoms with Gasteiger partial charge in [0.05, 0.1) is 8.68 Å². The maximum absolute atomic E-state index is 11.8. The van der Waals surface area contributed by atoms with Crippen LogP contribution in [0.25, 0.3) is 0 Å². The molecule has 114 valence electrons. The highest BCUT2D eigenvalue weighted by molar-refractivity contribution is 9.13. The molecule has 0 radical (unpaired) electrons. The molecule has 4 nitrogen and oxygen atoms in total. The normalized spacial score (nSPS) is 11.6. The Balaban J connectivity index is 2.21. The first-order valence-corrected chi connectivity index (χ1v) is 9.94. The minimum atomic E-state index is -3.43. The van der Waals surface area contributed by atoms with Crippen molar-refractivity contribution in [3.63, 3.8) is 0 Å². The summed E-state index contributed by atoms with van der Waals surface area (Å²) in [5, 5.41) is 3.28. The van der Waals surface area contributed by atoms with E-state index in [0.29, 0.717) is 6.54 Å². The van der Waals surface area contributed by atoms with Gasteiger partial charge < -0.3 is 5.32 Å². The highest BCUT2D eigenvalue weighted by Gasteiger charge is 2.13. The topological polar surface area (TPSA) is 58.2 Å². The number of halogens is 2. The van der Waals surface area contributed by atoms with Gasteiger partial charge in [-0.15, -0.1) is 11.3 Å². The summed E-state index contributed by atoms with van der Waals surface area (Å²) < 4.78 is 28.1. The molecule has 1 aromatic carbocycles. The van der Waals surface area contributed by atoms with Crippen molar-refractivity contribution < 1.29 is 8.42 Å². The molecular weight excluding hydrogens is 440 g/mol. The third-order valence-electron chi connectivity index (χ3n) is 2.94. The van der Waals surface area contributed by atoms with Crippen LogP contribution in [0.4, 0.5) is 5.69 Å². The summed E-state index contributed by atoms with van der Waals surface area (Å²) in [6.07, 6.45) is 0. The molecule has 0 spiro atoms. The minimum Gasteiger partial charge on any atom is -0.380 e. The van der Waals surface area contributed by atoms with Crippen molar-refractivity contribution >= 4 is 58.9 Å². The van der Waals surface area contributed by atoms with Crippen LogP contribution in [-0.4, -0.2) is 15.5 Å². The van der Waals surface area contributed by atoms with Crippen LogP contribution in [0, 0.1) is 6.92 Å². The van der Waals surface area contributed by atoms with Gasteiger partial charge in [-0.25, -0.2) is 13.1 Å². The van der Waals surface area contributed by atoms with Crippen LogP contribution < -0.4 is 10.0 Å². The lowest BCUT2D eigenvalue weighted by Crippen LogP contribution is -2.18. The largest absolute Gasteiger partial charge is 0.380 e. The number of benzene rings is 1. The lowest BCUT2D eigenvalue weighted by atomic mass is 10.2. The standard InChI is InChI=1S/C13H14Br2N2O2S2/c1-8-3-4-10(21(18,19)16-2)6-12(8)17-7-9-5-11(14)13(15)20-9/h3-6,16-17H,7H2,1-2H3. The third kappa shape index (κ3) is 4.07. The summed E-state index contributed by atoms with van der Waals surface area (Å²) in [6.45, 7) is 2.58. The Bertz CT molecular complexity index is 738. The molecule has 1 heterocycles. The average Bonchev–Trinajstić information content (AvgIpc) is 2.76. The summed E-state index contributed by atoms with van der Waals surface area (Å²) in [6, 6.07) is 7.08. The van der Waals surface area contributed by atoms with E-state index in [-0.39, 0.29) is 4.90 Å². The second-order valence-corrected chi connectivity index (χ2v) is 9.57. The molecule has 0 bridgehead atoms. The van der Waals surface area contributed by atoms with Gasteiger partial charge in [0.15, 0.2) is 0 Å². The van der Waals surface area contributed by atoms with Crippen molar-refractivity contribution in [2.75, 3.05) is 12.4 Å². The maximum atomic E-state index is 11.8. The van der Waals surface area contributed by atoms with Crippen LogP contribution in [0.2, 0.25) is 0 Å². The fourth-order valence-electron chi connectivity index (χ4n) is 1.74. The average molecular weight is 454 g/mol. The van der Waals surface area contributed by atoms with E-state index < -0.39 is 10.0 Å². The number of anilines is 1. The van der Waals surface area contributed by atoms with E-state index in [1.807, 2.05) is 13.0 Å². The molecular formula is C13H14Br2N2O2S2. The Hall–Kier alpha value is -0.410. The molecule has 0 unspecified atom stereocenters. The monoisotopic (exact) mass is 452 g/mol. The first-order chi connectivity index (χ1) is 9.83. The van der Waals surface area contributed by atoms with Crippen molar-refractivity contribution in [2.45, 2.75) is 18.4 Å². The van der Waals surface area contributed by atoms with E-state index in [1.54, 1.807) is 29.5 Å². The summed E-state index contributed by atoms with van der Waals surface area (Å²) in [7, 11) is -2.02. The van der Waals surface area contributed by atoms with Crippen LogP contribution >= 0.6 is 43.2 Å². The first kappa shape index (κ1) is 17.0. The number of aryl methyl sites for hydroxylation is 1. The summed E-state index contributed by atoms with van der Waals surface area (Å²) in [4.78, 5) is 1.40. The van der Waals surface area contributed by atoms with Gasteiger partial charge in [-0.1, -0.05) is 6.07 Å².